The number of fused-ring (bicyclic) bond motifs is 1. The number of para-hydroxylation sites is 1. The van der Waals surface area contributed by atoms with Crippen LogP contribution in [0.25, 0.3) is 5.65 Å². The Morgan fingerprint density at radius 3 is 2.71 bits per heavy atom. The van der Waals surface area contributed by atoms with E-state index < -0.39 is 0 Å². The van der Waals surface area contributed by atoms with Crippen LogP contribution in [0.4, 0.5) is 5.69 Å². The number of amides is 1. The molecular weight excluding hydrogens is 298 g/mol. The molecule has 0 saturated heterocycles. The van der Waals surface area contributed by atoms with Gasteiger partial charge in [-0.2, -0.15) is 0 Å². The average Bonchev–Trinajstić information content (AvgIpc) is 2.88. The van der Waals surface area contributed by atoms with Crippen molar-refractivity contribution >= 4 is 17.2 Å². The van der Waals surface area contributed by atoms with Gasteiger partial charge in [0.1, 0.15) is 5.65 Å². The van der Waals surface area contributed by atoms with Crippen molar-refractivity contribution < 1.29 is 4.79 Å². The molecule has 0 fully saturated rings. The third kappa shape index (κ3) is 3.32. The molecule has 4 nitrogen and oxygen atoms in total. The zero-order valence-corrected chi connectivity index (χ0v) is 14.4. The molecule has 0 saturated carbocycles. The maximum atomic E-state index is 12.4. The molecule has 4 heteroatoms. The first kappa shape index (κ1) is 16.2. The SMILES string of the molecule is Cc1nc2ccccn2c1CCC(=O)Nc1ccccc1C(C)C. The lowest BCUT2D eigenvalue weighted by atomic mass is 10.0. The average molecular weight is 321 g/mol. The predicted molar refractivity (Wildman–Crippen MR) is 97.4 cm³/mol. The lowest BCUT2D eigenvalue weighted by Gasteiger charge is -2.13. The van der Waals surface area contributed by atoms with Crippen molar-refractivity contribution in [1.29, 1.82) is 0 Å². The fourth-order valence-corrected chi connectivity index (χ4v) is 3.02. The summed E-state index contributed by atoms with van der Waals surface area (Å²) in [5.74, 6) is 0.413. The first-order chi connectivity index (χ1) is 11.6. The highest BCUT2D eigenvalue weighted by atomic mass is 16.1. The van der Waals surface area contributed by atoms with Crippen LogP contribution in [0.5, 0.6) is 0 Å². The van der Waals surface area contributed by atoms with E-state index in [-0.39, 0.29) is 5.91 Å². The number of pyridine rings is 1. The van der Waals surface area contributed by atoms with Gasteiger partial charge in [0.05, 0.1) is 5.69 Å². The van der Waals surface area contributed by atoms with E-state index in [9.17, 15) is 4.79 Å². The molecule has 3 aromatic rings. The summed E-state index contributed by atoms with van der Waals surface area (Å²) in [7, 11) is 0. The molecule has 0 aliphatic carbocycles. The summed E-state index contributed by atoms with van der Waals surface area (Å²) in [6.07, 6.45) is 3.11. The van der Waals surface area contributed by atoms with Gasteiger partial charge in [-0.3, -0.25) is 4.79 Å². The topological polar surface area (TPSA) is 46.4 Å². The largest absolute Gasteiger partial charge is 0.326 e. The molecule has 0 aliphatic rings. The van der Waals surface area contributed by atoms with E-state index in [4.69, 9.17) is 0 Å². The molecule has 1 amide bonds. The number of hydrogen-bond donors (Lipinski definition) is 1. The Labute approximate surface area is 142 Å². The number of benzene rings is 1. The summed E-state index contributed by atoms with van der Waals surface area (Å²) in [6, 6.07) is 13.9. The van der Waals surface area contributed by atoms with Gasteiger partial charge in [0, 0.05) is 24.0 Å². The lowest BCUT2D eigenvalue weighted by Crippen LogP contribution is -2.14. The number of anilines is 1. The van der Waals surface area contributed by atoms with Crippen LogP contribution in [-0.2, 0) is 11.2 Å². The van der Waals surface area contributed by atoms with Gasteiger partial charge in [0.2, 0.25) is 5.91 Å². The van der Waals surface area contributed by atoms with Crippen LogP contribution in [0.1, 0.15) is 43.1 Å². The second-order valence-electron chi connectivity index (χ2n) is 6.36. The van der Waals surface area contributed by atoms with Gasteiger partial charge >= 0.3 is 0 Å². The lowest BCUT2D eigenvalue weighted by molar-refractivity contribution is -0.116. The zero-order valence-electron chi connectivity index (χ0n) is 14.4. The second kappa shape index (κ2) is 6.87. The van der Waals surface area contributed by atoms with Crippen molar-refractivity contribution in [3.05, 3.63) is 65.6 Å². The maximum Gasteiger partial charge on any atom is 0.224 e. The highest BCUT2D eigenvalue weighted by molar-refractivity contribution is 5.91. The molecular formula is C20H23N3O. The van der Waals surface area contributed by atoms with Crippen molar-refractivity contribution in [3.8, 4) is 0 Å². The number of carbonyl (C=O) groups is 1. The minimum Gasteiger partial charge on any atom is -0.326 e. The summed E-state index contributed by atoms with van der Waals surface area (Å²) < 4.78 is 2.06. The summed E-state index contributed by atoms with van der Waals surface area (Å²) in [6.45, 7) is 6.26. The zero-order chi connectivity index (χ0) is 17.1. The number of rotatable bonds is 5. The third-order valence-electron chi connectivity index (χ3n) is 4.27. The van der Waals surface area contributed by atoms with Crippen LogP contribution in [0.3, 0.4) is 0 Å². The standard InChI is InChI=1S/C20H23N3O/c1-14(2)16-8-4-5-9-17(16)22-20(24)12-11-18-15(3)21-19-10-6-7-13-23(18)19/h4-10,13-14H,11-12H2,1-3H3,(H,22,24). The fourth-order valence-electron chi connectivity index (χ4n) is 3.02. The Morgan fingerprint density at radius 2 is 1.92 bits per heavy atom. The molecule has 24 heavy (non-hydrogen) atoms. The minimum absolute atomic E-state index is 0.0355. The number of aromatic nitrogens is 2. The Hall–Kier alpha value is -2.62. The van der Waals surface area contributed by atoms with Crippen molar-refractivity contribution in [3.63, 3.8) is 0 Å². The number of nitrogens with zero attached hydrogens (tertiary/aromatic N) is 2. The van der Waals surface area contributed by atoms with Gasteiger partial charge in [0.25, 0.3) is 0 Å². The van der Waals surface area contributed by atoms with Crippen molar-refractivity contribution in [1.82, 2.24) is 9.38 Å². The van der Waals surface area contributed by atoms with Crippen molar-refractivity contribution in [2.75, 3.05) is 5.32 Å². The molecule has 0 unspecified atom stereocenters. The quantitative estimate of drug-likeness (QED) is 0.760. The number of nitrogens with one attached hydrogen (secondary N) is 1. The minimum atomic E-state index is 0.0355. The monoisotopic (exact) mass is 321 g/mol. The van der Waals surface area contributed by atoms with Crippen molar-refractivity contribution in [2.45, 2.75) is 39.5 Å². The van der Waals surface area contributed by atoms with Gasteiger partial charge in [-0.05, 0) is 43.0 Å². The number of imidazole rings is 1. The summed E-state index contributed by atoms with van der Waals surface area (Å²) in [4.78, 5) is 16.9. The molecule has 0 spiro atoms. The van der Waals surface area contributed by atoms with E-state index in [1.165, 1.54) is 0 Å². The summed E-state index contributed by atoms with van der Waals surface area (Å²) in [5.41, 5.74) is 5.08. The van der Waals surface area contributed by atoms with Crippen LogP contribution >= 0.6 is 0 Å². The van der Waals surface area contributed by atoms with E-state index in [0.29, 0.717) is 18.8 Å². The Bertz CT molecular complexity index is 864. The van der Waals surface area contributed by atoms with Gasteiger partial charge in [-0.15, -0.1) is 0 Å². The number of hydrogen-bond acceptors (Lipinski definition) is 2. The van der Waals surface area contributed by atoms with Crippen LogP contribution < -0.4 is 5.32 Å². The fraction of sp³-hybridized carbons (Fsp3) is 0.300. The normalized spacial score (nSPS) is 11.2. The molecule has 2 aromatic heterocycles. The van der Waals surface area contributed by atoms with Crippen LogP contribution in [0.2, 0.25) is 0 Å². The van der Waals surface area contributed by atoms with Crippen molar-refractivity contribution in [2.24, 2.45) is 0 Å². The smallest absolute Gasteiger partial charge is 0.224 e. The molecule has 3 rings (SSSR count). The summed E-state index contributed by atoms with van der Waals surface area (Å²) >= 11 is 0. The Balaban J connectivity index is 1.71. The van der Waals surface area contributed by atoms with Crippen LogP contribution in [-0.4, -0.2) is 15.3 Å². The van der Waals surface area contributed by atoms with Crippen LogP contribution in [0, 0.1) is 6.92 Å². The number of aryl methyl sites for hydroxylation is 2. The molecule has 1 aromatic carbocycles. The molecule has 0 bridgehead atoms. The molecule has 1 N–H and O–H groups in total. The van der Waals surface area contributed by atoms with E-state index in [1.54, 1.807) is 0 Å². The first-order valence-corrected chi connectivity index (χ1v) is 8.37. The van der Waals surface area contributed by atoms with Gasteiger partial charge < -0.3 is 9.72 Å². The predicted octanol–water partition coefficient (Wildman–Crippen LogP) is 4.34. The Kier molecular flexibility index (Phi) is 4.65. The molecule has 2 heterocycles. The third-order valence-corrected chi connectivity index (χ3v) is 4.27. The van der Waals surface area contributed by atoms with E-state index in [2.05, 4.69) is 34.6 Å². The highest BCUT2D eigenvalue weighted by Crippen LogP contribution is 2.24. The first-order valence-electron chi connectivity index (χ1n) is 8.37. The Morgan fingerprint density at radius 1 is 1.17 bits per heavy atom. The van der Waals surface area contributed by atoms with E-state index >= 15 is 0 Å². The van der Waals surface area contributed by atoms with E-state index in [1.807, 2.05) is 49.5 Å². The summed E-state index contributed by atoms with van der Waals surface area (Å²) in [5, 5.41) is 3.05. The second-order valence-corrected chi connectivity index (χ2v) is 6.36. The van der Waals surface area contributed by atoms with Crippen LogP contribution in [0.15, 0.2) is 48.7 Å². The van der Waals surface area contributed by atoms with Gasteiger partial charge in [0.15, 0.2) is 0 Å². The van der Waals surface area contributed by atoms with Gasteiger partial charge in [-0.1, -0.05) is 38.1 Å². The molecule has 0 radical (unpaired) electrons. The number of carbonyl (C=O) groups excluding carboxylic acids is 1. The highest BCUT2D eigenvalue weighted by Gasteiger charge is 2.12. The van der Waals surface area contributed by atoms with Gasteiger partial charge in [-0.25, -0.2) is 4.98 Å². The maximum absolute atomic E-state index is 12.4. The molecule has 0 aliphatic heterocycles. The molecule has 0 atom stereocenters. The molecule has 124 valence electrons. The van der Waals surface area contributed by atoms with E-state index in [0.717, 1.165) is 28.3 Å².